The monoisotopic (exact) mass is 308 g/mol. The molecule has 2 unspecified atom stereocenters. The van der Waals surface area contributed by atoms with Crippen LogP contribution in [-0.2, 0) is 4.79 Å². The molecule has 21 heavy (non-hydrogen) atoms. The quantitative estimate of drug-likeness (QED) is 0.897. The highest BCUT2D eigenvalue weighted by atomic mass is 35.5. The number of likely N-dealkylation sites (tertiary alicyclic amines) is 1. The number of hydrogen-bond donors (Lipinski definition) is 1. The zero-order valence-corrected chi connectivity index (χ0v) is 13.7. The normalized spacial score (nSPS) is 18.3. The standard InChI is InChI=1S/C17H25ClN2O/c1-3-16(14-8-7-9-15(18)12-14)19-13(2)17(21)20-10-5-4-6-11-20/h7-9,12-13,16,19H,3-6,10-11H2,1-2H3. The molecule has 1 fully saturated rings. The van der Waals surface area contributed by atoms with Gasteiger partial charge in [0.1, 0.15) is 0 Å². The molecule has 1 aromatic rings. The highest BCUT2D eigenvalue weighted by Crippen LogP contribution is 2.21. The second kappa shape index (κ2) is 7.81. The number of hydrogen-bond acceptors (Lipinski definition) is 2. The predicted octanol–water partition coefficient (Wildman–Crippen LogP) is 3.78. The van der Waals surface area contributed by atoms with E-state index in [1.165, 1.54) is 6.42 Å². The zero-order chi connectivity index (χ0) is 15.2. The van der Waals surface area contributed by atoms with Crippen LogP contribution in [0.4, 0.5) is 0 Å². The number of halogens is 1. The number of carbonyl (C=O) groups excluding carboxylic acids is 1. The van der Waals surface area contributed by atoms with Crippen LogP contribution in [0, 0.1) is 0 Å². The van der Waals surface area contributed by atoms with Gasteiger partial charge in [0.2, 0.25) is 5.91 Å². The lowest BCUT2D eigenvalue weighted by Gasteiger charge is -2.31. The van der Waals surface area contributed by atoms with E-state index >= 15 is 0 Å². The van der Waals surface area contributed by atoms with Gasteiger partial charge in [-0.25, -0.2) is 0 Å². The molecule has 0 spiro atoms. The Morgan fingerprint density at radius 2 is 2.05 bits per heavy atom. The Labute approximate surface area is 132 Å². The highest BCUT2D eigenvalue weighted by molar-refractivity contribution is 6.30. The Morgan fingerprint density at radius 1 is 1.33 bits per heavy atom. The lowest BCUT2D eigenvalue weighted by molar-refractivity contribution is -0.134. The number of nitrogens with zero attached hydrogens (tertiary/aromatic N) is 1. The van der Waals surface area contributed by atoms with E-state index in [0.29, 0.717) is 0 Å². The number of piperidine rings is 1. The lowest BCUT2D eigenvalue weighted by atomic mass is 10.0. The van der Waals surface area contributed by atoms with Gasteiger partial charge in [-0.05, 0) is 50.3 Å². The smallest absolute Gasteiger partial charge is 0.239 e. The topological polar surface area (TPSA) is 32.3 Å². The lowest BCUT2D eigenvalue weighted by Crippen LogP contribution is -2.47. The average Bonchev–Trinajstić information content (AvgIpc) is 2.52. The van der Waals surface area contributed by atoms with Crippen LogP contribution in [0.1, 0.15) is 51.1 Å². The van der Waals surface area contributed by atoms with E-state index in [4.69, 9.17) is 11.6 Å². The molecule has 0 bridgehead atoms. The molecular weight excluding hydrogens is 284 g/mol. The van der Waals surface area contributed by atoms with Gasteiger partial charge in [0.05, 0.1) is 6.04 Å². The van der Waals surface area contributed by atoms with E-state index in [1.54, 1.807) is 0 Å². The number of benzene rings is 1. The van der Waals surface area contributed by atoms with Crippen molar-refractivity contribution >= 4 is 17.5 Å². The fraction of sp³-hybridized carbons (Fsp3) is 0.588. The first-order valence-corrected chi connectivity index (χ1v) is 8.30. The minimum absolute atomic E-state index is 0.160. The molecular formula is C17H25ClN2O. The van der Waals surface area contributed by atoms with Crippen LogP contribution in [0.15, 0.2) is 24.3 Å². The first-order chi connectivity index (χ1) is 10.1. The van der Waals surface area contributed by atoms with Crippen molar-refractivity contribution in [2.75, 3.05) is 13.1 Å². The van der Waals surface area contributed by atoms with E-state index in [9.17, 15) is 4.79 Å². The van der Waals surface area contributed by atoms with Crippen LogP contribution in [-0.4, -0.2) is 29.9 Å². The summed E-state index contributed by atoms with van der Waals surface area (Å²) < 4.78 is 0. The zero-order valence-electron chi connectivity index (χ0n) is 12.9. The third-order valence-electron chi connectivity index (χ3n) is 4.15. The predicted molar refractivity (Wildman–Crippen MR) is 87.5 cm³/mol. The van der Waals surface area contributed by atoms with Crippen LogP contribution >= 0.6 is 11.6 Å². The summed E-state index contributed by atoms with van der Waals surface area (Å²) >= 11 is 6.06. The molecule has 2 atom stereocenters. The van der Waals surface area contributed by atoms with Crippen LogP contribution in [0.25, 0.3) is 0 Å². The summed E-state index contributed by atoms with van der Waals surface area (Å²) in [4.78, 5) is 14.5. The summed E-state index contributed by atoms with van der Waals surface area (Å²) in [5.74, 6) is 0.218. The number of rotatable bonds is 5. The average molecular weight is 309 g/mol. The van der Waals surface area contributed by atoms with Gasteiger partial charge < -0.3 is 4.90 Å². The van der Waals surface area contributed by atoms with Gasteiger partial charge in [-0.1, -0.05) is 30.7 Å². The fourth-order valence-electron chi connectivity index (χ4n) is 2.93. The van der Waals surface area contributed by atoms with Crippen molar-refractivity contribution < 1.29 is 4.79 Å². The van der Waals surface area contributed by atoms with Gasteiger partial charge in [0.25, 0.3) is 0 Å². The van der Waals surface area contributed by atoms with Crippen molar-refractivity contribution in [1.82, 2.24) is 10.2 Å². The Kier molecular flexibility index (Phi) is 6.07. The summed E-state index contributed by atoms with van der Waals surface area (Å²) in [5.41, 5.74) is 1.14. The molecule has 1 heterocycles. The van der Waals surface area contributed by atoms with Crippen molar-refractivity contribution in [2.24, 2.45) is 0 Å². The number of amides is 1. The Hall–Kier alpha value is -1.06. The van der Waals surface area contributed by atoms with Gasteiger partial charge in [-0.2, -0.15) is 0 Å². The molecule has 2 rings (SSSR count). The molecule has 1 aliphatic rings. The van der Waals surface area contributed by atoms with Gasteiger partial charge in [-0.15, -0.1) is 0 Å². The summed E-state index contributed by atoms with van der Waals surface area (Å²) in [6.07, 6.45) is 4.43. The molecule has 0 aromatic heterocycles. The number of nitrogens with one attached hydrogen (secondary N) is 1. The van der Waals surface area contributed by atoms with Crippen LogP contribution in [0.2, 0.25) is 5.02 Å². The van der Waals surface area contributed by atoms with Crippen LogP contribution in [0.5, 0.6) is 0 Å². The van der Waals surface area contributed by atoms with Crippen molar-refractivity contribution in [3.63, 3.8) is 0 Å². The molecule has 3 nitrogen and oxygen atoms in total. The molecule has 1 amide bonds. The van der Waals surface area contributed by atoms with E-state index in [1.807, 2.05) is 30.0 Å². The molecule has 1 aromatic carbocycles. The van der Waals surface area contributed by atoms with Gasteiger partial charge in [0, 0.05) is 24.2 Å². The first-order valence-electron chi connectivity index (χ1n) is 7.92. The maximum atomic E-state index is 12.5. The Balaban J connectivity index is 1.98. The molecule has 1 saturated heterocycles. The van der Waals surface area contributed by atoms with Crippen molar-refractivity contribution in [2.45, 2.75) is 51.6 Å². The van der Waals surface area contributed by atoms with Crippen LogP contribution in [0.3, 0.4) is 0 Å². The molecule has 4 heteroatoms. The molecule has 0 aliphatic carbocycles. The second-order valence-electron chi connectivity index (χ2n) is 5.79. The van der Waals surface area contributed by atoms with Gasteiger partial charge in [0.15, 0.2) is 0 Å². The maximum absolute atomic E-state index is 12.5. The molecule has 0 radical (unpaired) electrons. The van der Waals surface area contributed by atoms with Crippen molar-refractivity contribution in [3.8, 4) is 0 Å². The van der Waals surface area contributed by atoms with E-state index in [2.05, 4.69) is 18.3 Å². The summed E-state index contributed by atoms with van der Waals surface area (Å²) in [5, 5.41) is 4.20. The van der Waals surface area contributed by atoms with E-state index in [0.717, 1.165) is 42.9 Å². The first kappa shape index (κ1) is 16.3. The van der Waals surface area contributed by atoms with Crippen LogP contribution < -0.4 is 5.32 Å². The maximum Gasteiger partial charge on any atom is 0.239 e. The van der Waals surface area contributed by atoms with Gasteiger partial charge in [-0.3, -0.25) is 10.1 Å². The van der Waals surface area contributed by atoms with Gasteiger partial charge >= 0.3 is 0 Å². The van der Waals surface area contributed by atoms with Crippen molar-refractivity contribution in [1.29, 1.82) is 0 Å². The third-order valence-corrected chi connectivity index (χ3v) is 4.38. The molecule has 1 N–H and O–H groups in total. The Bertz CT molecular complexity index is 472. The van der Waals surface area contributed by atoms with Crippen molar-refractivity contribution in [3.05, 3.63) is 34.9 Å². The molecule has 116 valence electrons. The highest BCUT2D eigenvalue weighted by Gasteiger charge is 2.24. The Morgan fingerprint density at radius 3 is 2.67 bits per heavy atom. The van der Waals surface area contributed by atoms with E-state index in [-0.39, 0.29) is 18.0 Å². The summed E-state index contributed by atoms with van der Waals surface area (Å²) in [6, 6.07) is 7.87. The number of carbonyl (C=O) groups is 1. The summed E-state index contributed by atoms with van der Waals surface area (Å²) in [7, 11) is 0. The largest absolute Gasteiger partial charge is 0.341 e. The summed E-state index contributed by atoms with van der Waals surface area (Å²) in [6.45, 7) is 5.89. The second-order valence-corrected chi connectivity index (χ2v) is 6.23. The van der Waals surface area contributed by atoms with E-state index < -0.39 is 0 Å². The molecule has 0 saturated carbocycles. The minimum Gasteiger partial charge on any atom is -0.341 e. The minimum atomic E-state index is -0.160. The molecule has 1 aliphatic heterocycles. The fourth-order valence-corrected chi connectivity index (χ4v) is 3.13. The SMILES string of the molecule is CCC(NC(C)C(=O)N1CCCCC1)c1cccc(Cl)c1. The third kappa shape index (κ3) is 4.45.